The van der Waals surface area contributed by atoms with Crippen LogP contribution in [-0.4, -0.2) is 38.4 Å². The molecule has 0 atom stereocenters. The molecule has 0 aliphatic rings. The molecule has 0 bridgehead atoms. The van der Waals surface area contributed by atoms with E-state index in [0.717, 1.165) is 22.7 Å². The van der Waals surface area contributed by atoms with Gasteiger partial charge in [0, 0.05) is 17.5 Å². The van der Waals surface area contributed by atoms with Gasteiger partial charge in [-0.2, -0.15) is 0 Å². The summed E-state index contributed by atoms with van der Waals surface area (Å²) in [5, 5.41) is 8.29. The Balaban J connectivity index is 2.16. The minimum atomic E-state index is -0.349. The molecule has 0 unspecified atom stereocenters. The third-order valence-corrected chi connectivity index (χ3v) is 3.71. The number of amides is 2. The summed E-state index contributed by atoms with van der Waals surface area (Å²) in [5.74, 6) is -0.500. The zero-order valence-electron chi connectivity index (χ0n) is 14.4. The average molecular weight is 346 g/mol. The lowest BCUT2D eigenvalue weighted by Gasteiger charge is -2.25. The van der Waals surface area contributed by atoms with Gasteiger partial charge in [-0.25, -0.2) is 0 Å². The third kappa shape index (κ3) is 5.42. The maximum absolute atomic E-state index is 12.6. The Morgan fingerprint density at radius 2 is 1.88 bits per heavy atom. The monoisotopic (exact) mass is 346 g/mol. The first-order valence-electron chi connectivity index (χ1n) is 7.67. The maximum atomic E-state index is 12.6. The van der Waals surface area contributed by atoms with Crippen LogP contribution in [0.1, 0.15) is 42.4 Å². The largest absolute Gasteiger partial charge is 0.350 e. The number of nitrogens with zero attached hydrogens (tertiary/aromatic N) is 3. The predicted molar refractivity (Wildman–Crippen MR) is 93.7 cm³/mol. The quantitative estimate of drug-likeness (QED) is 0.902. The van der Waals surface area contributed by atoms with Gasteiger partial charge in [0.2, 0.25) is 5.91 Å². The van der Waals surface area contributed by atoms with Crippen molar-refractivity contribution < 1.29 is 9.59 Å². The lowest BCUT2D eigenvalue weighted by Crippen LogP contribution is -2.47. The number of hydrogen-bond acceptors (Lipinski definition) is 5. The van der Waals surface area contributed by atoms with E-state index in [1.807, 2.05) is 52.0 Å². The van der Waals surface area contributed by atoms with E-state index in [-0.39, 0.29) is 29.6 Å². The summed E-state index contributed by atoms with van der Waals surface area (Å²) in [6.07, 6.45) is 0. The highest BCUT2D eigenvalue weighted by Crippen LogP contribution is 2.11. The van der Waals surface area contributed by atoms with E-state index >= 15 is 0 Å². The van der Waals surface area contributed by atoms with Crippen LogP contribution in [0.3, 0.4) is 0 Å². The molecule has 0 radical (unpaired) electrons. The molecule has 0 saturated heterocycles. The number of hydrogen-bond donors (Lipinski definition) is 1. The number of nitrogens with one attached hydrogen (secondary N) is 1. The molecule has 24 heavy (non-hydrogen) atoms. The molecule has 0 fully saturated rings. The summed E-state index contributed by atoms with van der Waals surface area (Å²) in [7, 11) is 0. The standard InChI is InChI=1S/C17H22N4O2S/c1-12-5-7-13(8-6-12)9-21(10-15(22)18-17(2,3)4)16(23)14-11-24-20-19-14/h5-8,11H,9-10H2,1-4H3,(H,18,22). The zero-order valence-corrected chi connectivity index (χ0v) is 15.2. The van der Waals surface area contributed by atoms with Crippen molar-refractivity contribution in [2.45, 2.75) is 39.8 Å². The van der Waals surface area contributed by atoms with Crippen molar-refractivity contribution >= 4 is 23.3 Å². The smallest absolute Gasteiger partial charge is 0.276 e. The lowest BCUT2D eigenvalue weighted by atomic mass is 10.1. The molecule has 7 heteroatoms. The number of benzene rings is 1. The van der Waals surface area contributed by atoms with Gasteiger partial charge in [-0.1, -0.05) is 34.3 Å². The normalized spacial score (nSPS) is 11.2. The average Bonchev–Trinajstić information content (AvgIpc) is 3.00. The predicted octanol–water partition coefficient (Wildman–Crippen LogP) is 2.40. The second-order valence-electron chi connectivity index (χ2n) is 6.74. The van der Waals surface area contributed by atoms with Crippen molar-refractivity contribution in [1.82, 2.24) is 19.8 Å². The van der Waals surface area contributed by atoms with E-state index in [2.05, 4.69) is 14.9 Å². The van der Waals surface area contributed by atoms with Gasteiger partial charge < -0.3 is 10.2 Å². The first-order valence-corrected chi connectivity index (χ1v) is 8.51. The van der Waals surface area contributed by atoms with E-state index < -0.39 is 0 Å². The van der Waals surface area contributed by atoms with Crippen LogP contribution in [0.15, 0.2) is 29.6 Å². The summed E-state index contributed by atoms with van der Waals surface area (Å²) in [5.41, 5.74) is 2.01. The molecule has 0 saturated carbocycles. The molecule has 1 aromatic carbocycles. The van der Waals surface area contributed by atoms with E-state index in [4.69, 9.17) is 0 Å². The summed E-state index contributed by atoms with van der Waals surface area (Å²) in [6.45, 7) is 8.03. The fourth-order valence-corrected chi connectivity index (χ4v) is 2.59. The number of carbonyl (C=O) groups excluding carboxylic acids is 2. The van der Waals surface area contributed by atoms with Crippen LogP contribution in [-0.2, 0) is 11.3 Å². The van der Waals surface area contributed by atoms with Crippen LogP contribution in [0.5, 0.6) is 0 Å². The van der Waals surface area contributed by atoms with Gasteiger partial charge in [0.1, 0.15) is 6.54 Å². The van der Waals surface area contributed by atoms with Gasteiger partial charge in [0.25, 0.3) is 5.91 Å². The third-order valence-electron chi connectivity index (χ3n) is 3.21. The maximum Gasteiger partial charge on any atom is 0.276 e. The molecule has 2 rings (SSSR count). The highest BCUT2D eigenvalue weighted by Gasteiger charge is 2.23. The fourth-order valence-electron chi connectivity index (χ4n) is 2.16. The summed E-state index contributed by atoms with van der Waals surface area (Å²) in [6, 6.07) is 7.88. The van der Waals surface area contributed by atoms with E-state index in [0.29, 0.717) is 6.54 Å². The first-order chi connectivity index (χ1) is 11.2. The van der Waals surface area contributed by atoms with Crippen LogP contribution in [0.2, 0.25) is 0 Å². The Morgan fingerprint density at radius 3 is 2.42 bits per heavy atom. The highest BCUT2D eigenvalue weighted by atomic mass is 32.1. The van der Waals surface area contributed by atoms with E-state index in [1.165, 1.54) is 4.90 Å². The Morgan fingerprint density at radius 1 is 1.21 bits per heavy atom. The van der Waals surface area contributed by atoms with Crippen molar-refractivity contribution in [1.29, 1.82) is 0 Å². The SMILES string of the molecule is Cc1ccc(CN(CC(=O)NC(C)(C)C)C(=O)c2csnn2)cc1. The molecule has 0 spiro atoms. The van der Waals surface area contributed by atoms with Gasteiger partial charge in [-0.15, -0.1) is 5.10 Å². The van der Waals surface area contributed by atoms with Crippen molar-refractivity contribution in [2.75, 3.05) is 6.54 Å². The first kappa shape index (κ1) is 18.1. The van der Waals surface area contributed by atoms with Crippen molar-refractivity contribution in [2.24, 2.45) is 0 Å². The number of aromatic nitrogens is 2. The van der Waals surface area contributed by atoms with Gasteiger partial charge in [0.05, 0.1) is 0 Å². The minimum Gasteiger partial charge on any atom is -0.350 e. The van der Waals surface area contributed by atoms with Crippen LogP contribution in [0.4, 0.5) is 0 Å². The van der Waals surface area contributed by atoms with Gasteiger partial charge in [0.15, 0.2) is 5.69 Å². The van der Waals surface area contributed by atoms with E-state index in [9.17, 15) is 9.59 Å². The summed E-state index contributed by atoms with van der Waals surface area (Å²) in [4.78, 5) is 26.4. The molecule has 0 aliphatic carbocycles. The van der Waals surface area contributed by atoms with Gasteiger partial charge in [-0.05, 0) is 44.8 Å². The van der Waals surface area contributed by atoms with Crippen molar-refractivity contribution in [3.05, 3.63) is 46.5 Å². The van der Waals surface area contributed by atoms with Gasteiger partial charge >= 0.3 is 0 Å². The fraction of sp³-hybridized carbons (Fsp3) is 0.412. The summed E-state index contributed by atoms with van der Waals surface area (Å²) < 4.78 is 3.73. The zero-order chi connectivity index (χ0) is 17.7. The van der Waals surface area contributed by atoms with Gasteiger partial charge in [-0.3, -0.25) is 9.59 Å². The molecule has 1 N–H and O–H groups in total. The van der Waals surface area contributed by atoms with Crippen LogP contribution >= 0.6 is 11.5 Å². The van der Waals surface area contributed by atoms with Crippen LogP contribution in [0, 0.1) is 6.92 Å². The second kappa shape index (κ2) is 7.53. The number of aryl methyl sites for hydroxylation is 1. The molecule has 6 nitrogen and oxygen atoms in total. The van der Waals surface area contributed by atoms with Crippen molar-refractivity contribution in [3.8, 4) is 0 Å². The number of rotatable bonds is 5. The van der Waals surface area contributed by atoms with E-state index in [1.54, 1.807) is 5.38 Å². The highest BCUT2D eigenvalue weighted by molar-refractivity contribution is 7.03. The van der Waals surface area contributed by atoms with Crippen molar-refractivity contribution in [3.63, 3.8) is 0 Å². The Labute approximate surface area is 146 Å². The molecular weight excluding hydrogens is 324 g/mol. The molecular formula is C17H22N4O2S. The summed E-state index contributed by atoms with van der Waals surface area (Å²) >= 11 is 1.11. The topological polar surface area (TPSA) is 75.2 Å². The number of carbonyl (C=O) groups is 2. The molecule has 2 amide bonds. The van der Waals surface area contributed by atoms with Crippen LogP contribution < -0.4 is 5.32 Å². The second-order valence-corrected chi connectivity index (χ2v) is 7.34. The Hall–Kier alpha value is -2.28. The molecule has 0 aliphatic heterocycles. The molecule has 1 heterocycles. The van der Waals surface area contributed by atoms with Crippen LogP contribution in [0.25, 0.3) is 0 Å². The molecule has 1 aromatic heterocycles. The minimum absolute atomic E-state index is 0.0263. The molecule has 2 aromatic rings. The Bertz CT molecular complexity index is 690. The lowest BCUT2D eigenvalue weighted by molar-refractivity contribution is -0.123. The molecule has 128 valence electrons. The Kier molecular flexibility index (Phi) is 5.66.